The minimum Gasteiger partial charge on any atom is -0.484 e. The fraction of sp³-hybridized carbons (Fsp3) is 0.611. The van der Waals surface area contributed by atoms with Crippen LogP contribution in [0.1, 0.15) is 29.4 Å². The van der Waals surface area contributed by atoms with Gasteiger partial charge in [-0.3, -0.25) is 4.79 Å². The zero-order valence-corrected chi connectivity index (χ0v) is 16.8. The smallest absolute Gasteiger partial charge is 0.257 e. The summed E-state index contributed by atoms with van der Waals surface area (Å²) in [6, 6.07) is 8.19. The molecular weight excluding hydrogens is 376 g/mol. The van der Waals surface area contributed by atoms with Crippen molar-refractivity contribution in [3.63, 3.8) is 0 Å². The van der Waals surface area contributed by atoms with Crippen LogP contribution in [0.4, 0.5) is 0 Å². The summed E-state index contributed by atoms with van der Waals surface area (Å²) >= 11 is 4.03. The molecule has 1 aromatic rings. The Morgan fingerprint density at radius 3 is 2.68 bits per heavy atom. The van der Waals surface area contributed by atoms with Crippen molar-refractivity contribution >= 4 is 41.8 Å². The van der Waals surface area contributed by atoms with Gasteiger partial charge in [-0.1, -0.05) is 12.1 Å². The van der Waals surface area contributed by atoms with E-state index in [1.165, 1.54) is 29.9 Å². The minimum absolute atomic E-state index is 0. The van der Waals surface area contributed by atoms with Gasteiger partial charge in [-0.15, -0.1) is 35.9 Å². The lowest BCUT2D eigenvalue weighted by molar-refractivity contribution is -0.123. The molecule has 25 heavy (non-hydrogen) atoms. The maximum atomic E-state index is 11.8. The molecule has 2 N–H and O–H groups in total. The summed E-state index contributed by atoms with van der Waals surface area (Å²) < 4.78 is 6.14. The summed E-state index contributed by atoms with van der Waals surface area (Å²) in [5.74, 6) is 3.91. The normalized spacial score (nSPS) is 20.7. The number of rotatable bonds is 7. The van der Waals surface area contributed by atoms with E-state index >= 15 is 0 Å². The first-order valence-corrected chi connectivity index (χ1v) is 10.8. The summed E-state index contributed by atoms with van der Waals surface area (Å²) in [4.78, 5) is 11.8. The van der Waals surface area contributed by atoms with Crippen LogP contribution in [0.5, 0.6) is 5.75 Å². The van der Waals surface area contributed by atoms with Crippen LogP contribution < -0.4 is 15.4 Å². The number of hydrogen-bond donors (Lipinski definition) is 2. The van der Waals surface area contributed by atoms with E-state index in [0.717, 1.165) is 31.8 Å². The van der Waals surface area contributed by atoms with Crippen molar-refractivity contribution in [1.82, 2.24) is 10.6 Å². The maximum absolute atomic E-state index is 11.8. The number of amides is 1. The van der Waals surface area contributed by atoms with Crippen molar-refractivity contribution in [3.8, 4) is 5.75 Å². The SMILES string of the molecule is Cl.O=C(COc1ccc(C2SCCCS2)cc1)NCCC1CCNC1. The highest BCUT2D eigenvalue weighted by Gasteiger charge is 2.16. The Morgan fingerprint density at radius 2 is 2.00 bits per heavy atom. The standard InChI is InChI=1S/C18H26N2O2S2.ClH/c21-17(20-9-7-14-6-8-19-12-14)13-22-16-4-2-15(3-5-16)18-23-10-1-11-24-18;/h2-5,14,18-19H,1,6-13H2,(H,20,21);1H. The molecule has 1 unspecified atom stereocenters. The Balaban J connectivity index is 0.00000225. The van der Waals surface area contributed by atoms with Gasteiger partial charge in [0.25, 0.3) is 5.91 Å². The average molecular weight is 403 g/mol. The lowest BCUT2D eigenvalue weighted by atomic mass is 10.1. The molecular formula is C18H27ClN2O2S2. The molecule has 0 bridgehead atoms. The summed E-state index contributed by atoms with van der Waals surface area (Å²) in [6.45, 7) is 3.02. The number of carbonyl (C=O) groups is 1. The summed E-state index contributed by atoms with van der Waals surface area (Å²) in [6.07, 6.45) is 3.57. The lowest BCUT2D eigenvalue weighted by Gasteiger charge is -2.21. The van der Waals surface area contributed by atoms with E-state index in [-0.39, 0.29) is 24.9 Å². The fourth-order valence-corrected chi connectivity index (χ4v) is 5.87. The van der Waals surface area contributed by atoms with Crippen LogP contribution in [0.25, 0.3) is 0 Å². The van der Waals surface area contributed by atoms with Crippen molar-refractivity contribution in [2.75, 3.05) is 37.7 Å². The van der Waals surface area contributed by atoms with E-state index in [2.05, 4.69) is 22.8 Å². The van der Waals surface area contributed by atoms with Crippen molar-refractivity contribution in [3.05, 3.63) is 29.8 Å². The lowest BCUT2D eigenvalue weighted by Crippen LogP contribution is -2.30. The molecule has 2 saturated heterocycles. The van der Waals surface area contributed by atoms with Gasteiger partial charge in [-0.25, -0.2) is 0 Å². The highest BCUT2D eigenvalue weighted by Crippen LogP contribution is 2.43. The van der Waals surface area contributed by atoms with Crippen LogP contribution in [-0.4, -0.2) is 43.7 Å². The van der Waals surface area contributed by atoms with Crippen molar-refractivity contribution in [2.45, 2.75) is 23.8 Å². The Kier molecular flexibility index (Phi) is 9.31. The molecule has 1 amide bonds. The fourth-order valence-electron chi connectivity index (χ4n) is 2.98. The van der Waals surface area contributed by atoms with Gasteiger partial charge >= 0.3 is 0 Å². The van der Waals surface area contributed by atoms with Gasteiger partial charge in [0.15, 0.2) is 6.61 Å². The van der Waals surface area contributed by atoms with Gasteiger partial charge in [0.05, 0.1) is 4.58 Å². The van der Waals surface area contributed by atoms with E-state index in [1.807, 2.05) is 35.7 Å². The highest BCUT2D eigenvalue weighted by atomic mass is 35.5. The van der Waals surface area contributed by atoms with Gasteiger partial charge in [0, 0.05) is 6.54 Å². The number of hydrogen-bond acceptors (Lipinski definition) is 5. The molecule has 7 heteroatoms. The Morgan fingerprint density at radius 1 is 1.24 bits per heavy atom. The van der Waals surface area contributed by atoms with E-state index in [1.54, 1.807) is 0 Å². The zero-order chi connectivity index (χ0) is 16.6. The van der Waals surface area contributed by atoms with Crippen LogP contribution in [0.15, 0.2) is 24.3 Å². The molecule has 140 valence electrons. The van der Waals surface area contributed by atoms with E-state index < -0.39 is 0 Å². The monoisotopic (exact) mass is 402 g/mol. The Bertz CT molecular complexity index is 518. The Hall–Kier alpha value is -0.560. The molecule has 0 aliphatic carbocycles. The molecule has 4 nitrogen and oxygen atoms in total. The third kappa shape index (κ3) is 6.93. The van der Waals surface area contributed by atoms with Gasteiger partial charge < -0.3 is 15.4 Å². The second kappa shape index (κ2) is 11.2. The third-order valence-corrected chi connectivity index (χ3v) is 7.40. The van der Waals surface area contributed by atoms with E-state index in [9.17, 15) is 4.79 Å². The van der Waals surface area contributed by atoms with Gasteiger partial charge in [-0.05, 0) is 67.5 Å². The summed E-state index contributed by atoms with van der Waals surface area (Å²) in [5.41, 5.74) is 1.34. The number of thioether (sulfide) groups is 2. The molecule has 0 saturated carbocycles. The first kappa shape index (κ1) is 20.7. The van der Waals surface area contributed by atoms with Crippen molar-refractivity contribution in [1.29, 1.82) is 0 Å². The average Bonchev–Trinajstić information content (AvgIpc) is 3.15. The first-order chi connectivity index (χ1) is 11.8. The number of halogens is 1. The van der Waals surface area contributed by atoms with Crippen molar-refractivity contribution in [2.24, 2.45) is 5.92 Å². The van der Waals surface area contributed by atoms with Crippen LogP contribution >= 0.6 is 35.9 Å². The van der Waals surface area contributed by atoms with Gasteiger partial charge in [0.2, 0.25) is 0 Å². The van der Waals surface area contributed by atoms with Crippen LogP contribution in [-0.2, 0) is 4.79 Å². The van der Waals surface area contributed by atoms with E-state index in [4.69, 9.17) is 4.74 Å². The topological polar surface area (TPSA) is 50.4 Å². The summed E-state index contributed by atoms with van der Waals surface area (Å²) in [7, 11) is 0. The number of nitrogens with one attached hydrogen (secondary N) is 2. The van der Waals surface area contributed by atoms with Crippen molar-refractivity contribution < 1.29 is 9.53 Å². The van der Waals surface area contributed by atoms with Crippen LogP contribution in [0.2, 0.25) is 0 Å². The number of ether oxygens (including phenoxy) is 1. The van der Waals surface area contributed by atoms with Crippen LogP contribution in [0, 0.1) is 5.92 Å². The molecule has 2 heterocycles. The molecule has 2 aliphatic rings. The largest absolute Gasteiger partial charge is 0.484 e. The predicted molar refractivity (Wildman–Crippen MR) is 110 cm³/mol. The van der Waals surface area contributed by atoms with Gasteiger partial charge in [-0.2, -0.15) is 0 Å². The van der Waals surface area contributed by atoms with E-state index in [0.29, 0.717) is 10.5 Å². The molecule has 0 aromatic heterocycles. The highest BCUT2D eigenvalue weighted by molar-refractivity contribution is 8.16. The Labute approximate surface area is 165 Å². The first-order valence-electron chi connectivity index (χ1n) is 8.74. The molecule has 1 aromatic carbocycles. The third-order valence-electron chi connectivity index (χ3n) is 4.39. The second-order valence-electron chi connectivity index (χ2n) is 6.28. The zero-order valence-electron chi connectivity index (χ0n) is 14.4. The minimum atomic E-state index is -0.0385. The molecule has 2 aliphatic heterocycles. The van der Waals surface area contributed by atoms with Gasteiger partial charge in [0.1, 0.15) is 5.75 Å². The number of benzene rings is 1. The second-order valence-corrected chi connectivity index (χ2v) is 9.01. The molecule has 3 rings (SSSR count). The van der Waals surface area contributed by atoms with Crippen LogP contribution in [0.3, 0.4) is 0 Å². The molecule has 1 atom stereocenters. The predicted octanol–water partition coefficient (Wildman–Crippen LogP) is 3.47. The quantitative estimate of drug-likeness (QED) is 0.731. The molecule has 0 radical (unpaired) electrons. The molecule has 0 spiro atoms. The maximum Gasteiger partial charge on any atom is 0.257 e. The molecule has 2 fully saturated rings. The number of carbonyl (C=O) groups excluding carboxylic acids is 1. The summed E-state index contributed by atoms with van der Waals surface area (Å²) in [5, 5.41) is 6.29.